The molecule has 5 saturated carbocycles. The van der Waals surface area contributed by atoms with Gasteiger partial charge in [-0.15, -0.1) is 0 Å². The zero-order valence-electron chi connectivity index (χ0n) is 17.9. The van der Waals surface area contributed by atoms with E-state index in [1.54, 1.807) is 13.3 Å². The number of hydrogen-bond donors (Lipinski definition) is 3. The number of aliphatic hydroxyl groups is 1. The van der Waals surface area contributed by atoms with Gasteiger partial charge in [0.1, 0.15) is 0 Å². The third-order valence-corrected chi connectivity index (χ3v) is 7.93. The van der Waals surface area contributed by atoms with E-state index in [0.29, 0.717) is 48.3 Å². The van der Waals surface area contributed by atoms with E-state index in [2.05, 4.69) is 15.6 Å². The number of anilines is 1. The number of carbonyl (C=O) groups is 1. The Bertz CT molecular complexity index is 779. The molecule has 3 N–H and O–H groups in total. The van der Waals surface area contributed by atoms with E-state index in [-0.39, 0.29) is 11.9 Å². The standard InChI is InChI=1S/C23H34N4O3/c1-30-7-6-24-22-25-13-18(20(27-22)15-4-2-3-5-15)21(28)26-19-16-8-14-9-17(19)12-23(29,10-14)11-16/h13-17,19,29H,2-12H2,1H3,(H,26,28)(H,24,25,27)/t14?,16-,17+,19?,23?. The second-order valence-corrected chi connectivity index (χ2v) is 10.1. The van der Waals surface area contributed by atoms with Crippen LogP contribution in [0.15, 0.2) is 6.20 Å². The molecular formula is C23H34N4O3. The summed E-state index contributed by atoms with van der Waals surface area (Å²) in [7, 11) is 1.67. The molecule has 1 heterocycles. The van der Waals surface area contributed by atoms with Gasteiger partial charge in [0.2, 0.25) is 5.95 Å². The van der Waals surface area contributed by atoms with Crippen LogP contribution in [0, 0.1) is 17.8 Å². The minimum Gasteiger partial charge on any atom is -0.390 e. The van der Waals surface area contributed by atoms with Crippen LogP contribution in [0.1, 0.15) is 79.8 Å². The first-order chi connectivity index (χ1) is 14.5. The van der Waals surface area contributed by atoms with Crippen molar-refractivity contribution < 1.29 is 14.6 Å². The predicted molar refractivity (Wildman–Crippen MR) is 113 cm³/mol. The number of aromatic nitrogens is 2. The molecular weight excluding hydrogens is 380 g/mol. The van der Waals surface area contributed by atoms with E-state index in [4.69, 9.17) is 9.72 Å². The zero-order chi connectivity index (χ0) is 20.7. The Morgan fingerprint density at radius 2 is 1.97 bits per heavy atom. The van der Waals surface area contributed by atoms with Crippen molar-refractivity contribution in [1.29, 1.82) is 0 Å². The Balaban J connectivity index is 1.34. The van der Waals surface area contributed by atoms with E-state index in [0.717, 1.165) is 50.6 Å². The van der Waals surface area contributed by atoms with E-state index in [1.165, 1.54) is 12.8 Å². The van der Waals surface area contributed by atoms with Gasteiger partial charge >= 0.3 is 0 Å². The van der Waals surface area contributed by atoms with Crippen LogP contribution < -0.4 is 10.6 Å². The molecule has 7 nitrogen and oxygen atoms in total. The van der Waals surface area contributed by atoms with Crippen molar-refractivity contribution in [2.75, 3.05) is 25.6 Å². The topological polar surface area (TPSA) is 96.4 Å². The molecule has 0 aliphatic heterocycles. The lowest BCUT2D eigenvalue weighted by atomic mass is 9.52. The summed E-state index contributed by atoms with van der Waals surface area (Å²) in [6, 6.07) is 0.172. The maximum atomic E-state index is 13.4. The molecule has 0 spiro atoms. The molecule has 1 aromatic rings. The first-order valence-corrected chi connectivity index (χ1v) is 11.7. The average molecular weight is 415 g/mol. The fourth-order valence-electron chi connectivity index (χ4n) is 6.88. The SMILES string of the molecule is COCCNc1ncc(C(=O)NC2[C@@H]3CC4C[C@H]2CC(O)(C4)C3)c(C2CCCC2)n1. The molecule has 0 saturated heterocycles. The molecule has 4 bridgehead atoms. The number of nitrogens with zero attached hydrogens (tertiary/aromatic N) is 2. The summed E-state index contributed by atoms with van der Waals surface area (Å²) in [4.78, 5) is 22.6. The van der Waals surface area contributed by atoms with Crippen LogP contribution in [0.25, 0.3) is 0 Å². The van der Waals surface area contributed by atoms with Crippen LogP contribution in [-0.4, -0.2) is 52.9 Å². The summed E-state index contributed by atoms with van der Waals surface area (Å²) in [5, 5.41) is 17.4. The van der Waals surface area contributed by atoms with Gasteiger partial charge in [-0.1, -0.05) is 12.8 Å². The number of carbonyl (C=O) groups excluding carboxylic acids is 1. The Morgan fingerprint density at radius 1 is 1.23 bits per heavy atom. The molecule has 5 fully saturated rings. The minimum atomic E-state index is -0.481. The van der Waals surface area contributed by atoms with Gasteiger partial charge < -0.3 is 20.5 Å². The van der Waals surface area contributed by atoms with Crippen molar-refractivity contribution in [3.05, 3.63) is 17.5 Å². The van der Waals surface area contributed by atoms with Crippen LogP contribution in [0.5, 0.6) is 0 Å². The lowest BCUT2D eigenvalue weighted by Crippen LogP contribution is -2.61. The van der Waals surface area contributed by atoms with Gasteiger partial charge in [-0.2, -0.15) is 0 Å². The summed E-state index contributed by atoms with van der Waals surface area (Å²) >= 11 is 0. The van der Waals surface area contributed by atoms with E-state index >= 15 is 0 Å². The molecule has 164 valence electrons. The monoisotopic (exact) mass is 414 g/mol. The molecule has 1 amide bonds. The minimum absolute atomic E-state index is 0.0372. The van der Waals surface area contributed by atoms with E-state index in [1.807, 2.05) is 0 Å². The van der Waals surface area contributed by atoms with Crippen molar-refractivity contribution in [1.82, 2.24) is 15.3 Å². The zero-order valence-corrected chi connectivity index (χ0v) is 17.9. The van der Waals surface area contributed by atoms with Gasteiger partial charge in [0, 0.05) is 31.8 Å². The van der Waals surface area contributed by atoms with Crippen molar-refractivity contribution in [2.45, 2.75) is 75.3 Å². The molecule has 0 radical (unpaired) electrons. The Kier molecular flexibility index (Phi) is 5.44. The first kappa shape index (κ1) is 20.2. The summed E-state index contributed by atoms with van der Waals surface area (Å²) in [6.07, 6.45) is 11.1. The maximum absolute atomic E-state index is 13.4. The highest BCUT2D eigenvalue weighted by Gasteiger charge is 2.55. The molecule has 30 heavy (non-hydrogen) atoms. The third kappa shape index (κ3) is 3.82. The second-order valence-electron chi connectivity index (χ2n) is 10.1. The normalized spacial score (nSPS) is 35.0. The van der Waals surface area contributed by atoms with Gasteiger partial charge in [0.25, 0.3) is 5.91 Å². The third-order valence-electron chi connectivity index (χ3n) is 7.93. The highest BCUT2D eigenvalue weighted by Crippen LogP contribution is 2.55. The first-order valence-electron chi connectivity index (χ1n) is 11.7. The number of rotatable bonds is 7. The lowest BCUT2D eigenvalue weighted by molar-refractivity contribution is -0.136. The average Bonchev–Trinajstić information content (AvgIpc) is 3.24. The molecule has 5 aliphatic rings. The summed E-state index contributed by atoms with van der Waals surface area (Å²) in [5.74, 6) is 2.30. The van der Waals surface area contributed by atoms with Gasteiger partial charge in [0.15, 0.2) is 0 Å². The van der Waals surface area contributed by atoms with Crippen LogP contribution >= 0.6 is 0 Å². The number of nitrogens with one attached hydrogen (secondary N) is 2. The molecule has 6 rings (SSSR count). The fourth-order valence-corrected chi connectivity index (χ4v) is 6.88. The van der Waals surface area contributed by atoms with E-state index < -0.39 is 5.60 Å². The fraction of sp³-hybridized carbons (Fsp3) is 0.783. The molecule has 5 aliphatic carbocycles. The van der Waals surface area contributed by atoms with Gasteiger partial charge in [-0.3, -0.25) is 4.79 Å². The number of ether oxygens (including phenoxy) is 1. The summed E-state index contributed by atoms with van der Waals surface area (Å²) < 4.78 is 5.09. The number of hydrogen-bond acceptors (Lipinski definition) is 6. The largest absolute Gasteiger partial charge is 0.390 e. The highest BCUT2D eigenvalue weighted by atomic mass is 16.5. The molecule has 7 heteroatoms. The molecule has 1 aromatic heterocycles. The lowest BCUT2D eigenvalue weighted by Gasteiger charge is -2.58. The van der Waals surface area contributed by atoms with Gasteiger partial charge in [-0.05, 0) is 62.7 Å². The van der Waals surface area contributed by atoms with Crippen molar-refractivity contribution >= 4 is 11.9 Å². The van der Waals surface area contributed by atoms with Crippen molar-refractivity contribution in [3.63, 3.8) is 0 Å². The molecule has 3 unspecified atom stereocenters. The summed E-state index contributed by atoms with van der Waals surface area (Å²) in [5.41, 5.74) is 1.04. The Hall–Kier alpha value is -1.73. The highest BCUT2D eigenvalue weighted by molar-refractivity contribution is 5.95. The Labute approximate surface area is 178 Å². The van der Waals surface area contributed by atoms with Gasteiger partial charge in [-0.25, -0.2) is 9.97 Å². The summed E-state index contributed by atoms with van der Waals surface area (Å²) in [6.45, 7) is 1.23. The van der Waals surface area contributed by atoms with Crippen molar-refractivity contribution in [3.8, 4) is 0 Å². The quantitative estimate of drug-likeness (QED) is 0.594. The predicted octanol–water partition coefficient (Wildman–Crippen LogP) is 2.86. The maximum Gasteiger partial charge on any atom is 0.254 e. The van der Waals surface area contributed by atoms with Crippen LogP contribution in [-0.2, 0) is 4.74 Å². The van der Waals surface area contributed by atoms with Crippen molar-refractivity contribution in [2.24, 2.45) is 17.8 Å². The number of amides is 1. The van der Waals surface area contributed by atoms with Gasteiger partial charge in [0.05, 0.1) is 23.5 Å². The smallest absolute Gasteiger partial charge is 0.254 e. The van der Waals surface area contributed by atoms with Crippen LogP contribution in [0.3, 0.4) is 0 Å². The van der Waals surface area contributed by atoms with Crippen LogP contribution in [0.2, 0.25) is 0 Å². The number of methoxy groups -OCH3 is 1. The molecule has 5 atom stereocenters. The second kappa shape index (κ2) is 8.08. The Morgan fingerprint density at radius 3 is 2.63 bits per heavy atom. The van der Waals surface area contributed by atoms with Crippen LogP contribution in [0.4, 0.5) is 5.95 Å². The van der Waals surface area contributed by atoms with E-state index in [9.17, 15) is 9.90 Å². The molecule has 0 aromatic carbocycles.